The zero-order chi connectivity index (χ0) is 21.3. The first kappa shape index (κ1) is 20.4. The lowest BCUT2D eigenvalue weighted by molar-refractivity contribution is 0.101. The van der Waals surface area contributed by atoms with E-state index in [1.165, 1.54) is 0 Å². The van der Waals surface area contributed by atoms with Crippen LogP contribution in [0.1, 0.15) is 23.0 Å². The number of benzene rings is 2. The number of aromatic nitrogens is 2. The van der Waals surface area contributed by atoms with Gasteiger partial charge < -0.3 is 4.90 Å². The highest BCUT2D eigenvalue weighted by Gasteiger charge is 2.19. The van der Waals surface area contributed by atoms with Gasteiger partial charge in [0.1, 0.15) is 0 Å². The maximum Gasteiger partial charge on any atom is 0.334 e. The molecule has 3 aromatic rings. The number of hydrogen-bond donors (Lipinski definition) is 0. The molecule has 0 unspecified atom stereocenters. The number of Topliss-reactive ketones (excluding diaryl/α,β-unsaturated/α-hetero) is 1. The second-order valence-electron chi connectivity index (χ2n) is 7.68. The number of hydrogen-bond acceptors (Lipinski definition) is 4. The molecule has 1 aromatic heterocycles. The summed E-state index contributed by atoms with van der Waals surface area (Å²) in [6.07, 6.45) is 1.91. The van der Waals surface area contributed by atoms with Gasteiger partial charge in [-0.2, -0.15) is 0 Å². The van der Waals surface area contributed by atoms with Gasteiger partial charge in [-0.3, -0.25) is 18.8 Å². The maximum atomic E-state index is 12.9. The Balaban J connectivity index is 1.42. The van der Waals surface area contributed by atoms with Gasteiger partial charge in [0.05, 0.1) is 12.4 Å². The molecule has 0 aliphatic carbocycles. The van der Waals surface area contributed by atoms with E-state index in [1.54, 1.807) is 28.2 Å². The number of carbonyl (C=O) groups is 1. The molecule has 30 heavy (non-hydrogen) atoms. The molecule has 0 radical (unpaired) electrons. The van der Waals surface area contributed by atoms with Gasteiger partial charge in [0, 0.05) is 54.3 Å². The minimum Gasteiger partial charge on any atom is -0.369 e. The van der Waals surface area contributed by atoms with Crippen LogP contribution in [0.15, 0.2) is 59.5 Å². The van der Waals surface area contributed by atoms with Crippen molar-refractivity contribution in [3.63, 3.8) is 0 Å². The Morgan fingerprint density at radius 3 is 2.13 bits per heavy atom. The summed E-state index contributed by atoms with van der Waals surface area (Å²) in [6.45, 7) is 7.58. The van der Waals surface area contributed by atoms with Crippen molar-refractivity contribution in [2.24, 2.45) is 0 Å². The largest absolute Gasteiger partial charge is 0.369 e. The Morgan fingerprint density at radius 2 is 1.53 bits per heavy atom. The fourth-order valence-corrected chi connectivity index (χ4v) is 4.02. The van der Waals surface area contributed by atoms with E-state index in [0.29, 0.717) is 11.7 Å². The van der Waals surface area contributed by atoms with Crippen molar-refractivity contribution in [1.29, 1.82) is 0 Å². The quantitative estimate of drug-likeness (QED) is 0.587. The van der Waals surface area contributed by atoms with Gasteiger partial charge in [-0.1, -0.05) is 11.6 Å². The highest BCUT2D eigenvalue weighted by Crippen LogP contribution is 2.18. The molecule has 0 spiro atoms. The van der Waals surface area contributed by atoms with E-state index in [4.69, 9.17) is 11.6 Å². The summed E-state index contributed by atoms with van der Waals surface area (Å²) in [5.74, 6) is 0.0811. The van der Waals surface area contributed by atoms with E-state index in [1.807, 2.05) is 49.5 Å². The standard InChI is InChI=1S/C23H25ClN4O2/c1-17-15-27(23(30)28(17)22-9-5-20(24)6-10-22)16-25-11-13-26(14-12-25)21-7-3-19(4-8-21)18(2)29/h3-10,15H,11-14,16H2,1-2H3. The third-order valence-electron chi connectivity index (χ3n) is 5.58. The van der Waals surface area contributed by atoms with Crippen molar-refractivity contribution in [3.05, 3.63) is 81.5 Å². The molecule has 4 rings (SSSR count). The van der Waals surface area contributed by atoms with Gasteiger partial charge in [0.25, 0.3) is 0 Å². The fourth-order valence-electron chi connectivity index (χ4n) is 3.89. The molecule has 0 bridgehead atoms. The zero-order valence-corrected chi connectivity index (χ0v) is 18.0. The molecule has 156 valence electrons. The SMILES string of the molecule is CC(=O)c1ccc(N2CCN(Cn3cc(C)n(-c4ccc(Cl)cc4)c3=O)CC2)cc1. The van der Waals surface area contributed by atoms with Crippen LogP contribution in [0.5, 0.6) is 0 Å². The average molecular weight is 425 g/mol. The summed E-state index contributed by atoms with van der Waals surface area (Å²) < 4.78 is 3.48. The monoisotopic (exact) mass is 424 g/mol. The van der Waals surface area contributed by atoms with E-state index in [2.05, 4.69) is 9.80 Å². The lowest BCUT2D eigenvalue weighted by Crippen LogP contribution is -2.47. The van der Waals surface area contributed by atoms with Crippen LogP contribution in [0, 0.1) is 6.92 Å². The van der Waals surface area contributed by atoms with Gasteiger partial charge in [-0.15, -0.1) is 0 Å². The van der Waals surface area contributed by atoms with Crippen molar-refractivity contribution in [1.82, 2.24) is 14.0 Å². The van der Waals surface area contributed by atoms with Crippen molar-refractivity contribution in [2.75, 3.05) is 31.1 Å². The van der Waals surface area contributed by atoms with E-state index in [0.717, 1.165) is 48.8 Å². The van der Waals surface area contributed by atoms with E-state index in [-0.39, 0.29) is 11.5 Å². The summed E-state index contributed by atoms with van der Waals surface area (Å²) in [4.78, 5) is 29.0. The number of anilines is 1. The lowest BCUT2D eigenvalue weighted by Gasteiger charge is -2.36. The first-order valence-electron chi connectivity index (χ1n) is 10.1. The smallest absolute Gasteiger partial charge is 0.334 e. The van der Waals surface area contributed by atoms with Crippen LogP contribution in [0.2, 0.25) is 5.02 Å². The number of aryl methyl sites for hydroxylation is 1. The number of piperazine rings is 1. The molecule has 0 atom stereocenters. The Hall–Kier alpha value is -2.83. The molecule has 0 amide bonds. The summed E-state index contributed by atoms with van der Waals surface area (Å²) in [5.41, 5.74) is 3.53. The number of nitrogens with zero attached hydrogens (tertiary/aromatic N) is 4. The summed E-state index contributed by atoms with van der Waals surface area (Å²) in [6, 6.07) is 15.1. The molecule has 0 N–H and O–H groups in total. The Bertz CT molecular complexity index is 1090. The third kappa shape index (κ3) is 4.20. The van der Waals surface area contributed by atoms with Crippen LogP contribution < -0.4 is 10.6 Å². The van der Waals surface area contributed by atoms with Crippen LogP contribution in [0.25, 0.3) is 5.69 Å². The average Bonchev–Trinajstić information content (AvgIpc) is 3.02. The number of imidazole rings is 1. The van der Waals surface area contributed by atoms with Gasteiger partial charge in [0.15, 0.2) is 5.78 Å². The lowest BCUT2D eigenvalue weighted by atomic mass is 10.1. The minimum absolute atomic E-state index is 0.0444. The highest BCUT2D eigenvalue weighted by atomic mass is 35.5. The molecule has 7 heteroatoms. The molecule has 1 saturated heterocycles. The van der Waals surface area contributed by atoms with Crippen LogP contribution in [-0.4, -0.2) is 46.0 Å². The van der Waals surface area contributed by atoms with Crippen molar-refractivity contribution >= 4 is 23.1 Å². The van der Waals surface area contributed by atoms with Gasteiger partial charge in [0.2, 0.25) is 0 Å². The van der Waals surface area contributed by atoms with Crippen LogP contribution in [0.4, 0.5) is 5.69 Å². The van der Waals surface area contributed by atoms with Crippen LogP contribution >= 0.6 is 11.6 Å². The van der Waals surface area contributed by atoms with Crippen molar-refractivity contribution < 1.29 is 4.79 Å². The minimum atomic E-state index is -0.0444. The van der Waals surface area contributed by atoms with E-state index < -0.39 is 0 Å². The van der Waals surface area contributed by atoms with Crippen LogP contribution in [0.3, 0.4) is 0 Å². The molecule has 1 aliphatic rings. The topological polar surface area (TPSA) is 50.5 Å². The fraction of sp³-hybridized carbons (Fsp3) is 0.304. The highest BCUT2D eigenvalue weighted by molar-refractivity contribution is 6.30. The Kier molecular flexibility index (Phi) is 5.79. The molecule has 1 fully saturated rings. The van der Waals surface area contributed by atoms with Gasteiger partial charge >= 0.3 is 5.69 Å². The second kappa shape index (κ2) is 8.50. The van der Waals surface area contributed by atoms with Gasteiger partial charge in [-0.25, -0.2) is 4.79 Å². The first-order chi connectivity index (χ1) is 14.4. The van der Waals surface area contributed by atoms with E-state index in [9.17, 15) is 9.59 Å². The Morgan fingerprint density at radius 1 is 0.933 bits per heavy atom. The summed E-state index contributed by atoms with van der Waals surface area (Å²) >= 11 is 5.97. The molecule has 0 saturated carbocycles. The third-order valence-corrected chi connectivity index (χ3v) is 5.83. The molecule has 2 heterocycles. The van der Waals surface area contributed by atoms with E-state index >= 15 is 0 Å². The number of ketones is 1. The predicted octanol–water partition coefficient (Wildman–Crippen LogP) is 3.58. The molecule has 6 nitrogen and oxygen atoms in total. The van der Waals surface area contributed by atoms with Gasteiger partial charge in [-0.05, 0) is 62.4 Å². The first-order valence-corrected chi connectivity index (χ1v) is 10.4. The number of carbonyl (C=O) groups excluding carboxylic acids is 1. The van der Waals surface area contributed by atoms with Crippen molar-refractivity contribution in [3.8, 4) is 5.69 Å². The predicted molar refractivity (Wildman–Crippen MR) is 120 cm³/mol. The van der Waals surface area contributed by atoms with Crippen molar-refractivity contribution in [2.45, 2.75) is 20.5 Å². The molecular weight excluding hydrogens is 400 g/mol. The molecule has 1 aliphatic heterocycles. The van der Waals surface area contributed by atoms with Crippen LogP contribution in [-0.2, 0) is 6.67 Å². The summed E-state index contributed by atoms with van der Waals surface area (Å²) in [7, 11) is 0. The zero-order valence-electron chi connectivity index (χ0n) is 17.2. The normalized spacial score (nSPS) is 14.8. The molecule has 2 aromatic carbocycles. The molecular formula is C23H25ClN4O2. The Labute approximate surface area is 180 Å². The summed E-state index contributed by atoms with van der Waals surface area (Å²) in [5, 5.41) is 0.651. The number of rotatable bonds is 5. The second-order valence-corrected chi connectivity index (χ2v) is 8.12. The number of halogens is 1. The maximum absolute atomic E-state index is 12.9.